The third kappa shape index (κ3) is 5.79. The summed E-state index contributed by atoms with van der Waals surface area (Å²) < 4.78 is 0. The van der Waals surface area contributed by atoms with Gasteiger partial charge in [0.2, 0.25) is 0 Å². The summed E-state index contributed by atoms with van der Waals surface area (Å²) >= 11 is 1.67. The van der Waals surface area contributed by atoms with Gasteiger partial charge in [-0.25, -0.2) is 0 Å². The molecule has 0 spiro atoms. The van der Waals surface area contributed by atoms with Crippen molar-refractivity contribution in [2.75, 3.05) is 14.1 Å². The van der Waals surface area contributed by atoms with Crippen molar-refractivity contribution >= 4 is 47.0 Å². The van der Waals surface area contributed by atoms with Gasteiger partial charge in [-0.2, -0.15) is 11.3 Å². The highest BCUT2D eigenvalue weighted by Crippen LogP contribution is 2.12. The second-order valence-electron chi connectivity index (χ2n) is 4.81. The Morgan fingerprint density at radius 1 is 1.30 bits per heavy atom. The Hall–Kier alpha value is -1.68. The SMILES string of the molecule is CN=C(NCc1ccc([N+](=O)[O-])cc1)N(C)Cc1ccsc1.I. The summed E-state index contributed by atoms with van der Waals surface area (Å²) in [5, 5.41) is 18.0. The molecule has 0 aliphatic heterocycles. The summed E-state index contributed by atoms with van der Waals surface area (Å²) in [4.78, 5) is 16.5. The summed E-state index contributed by atoms with van der Waals surface area (Å²) in [6.45, 7) is 1.35. The average Bonchev–Trinajstić information content (AvgIpc) is 3.01. The van der Waals surface area contributed by atoms with E-state index in [-0.39, 0.29) is 29.7 Å². The fourth-order valence-corrected chi connectivity index (χ4v) is 2.69. The van der Waals surface area contributed by atoms with Gasteiger partial charge in [-0.05, 0) is 28.0 Å². The zero-order chi connectivity index (χ0) is 15.9. The third-order valence-corrected chi connectivity index (χ3v) is 3.90. The van der Waals surface area contributed by atoms with E-state index in [1.807, 2.05) is 11.9 Å². The molecule has 0 aliphatic rings. The van der Waals surface area contributed by atoms with Crippen LogP contribution in [0.5, 0.6) is 0 Å². The van der Waals surface area contributed by atoms with Gasteiger partial charge in [0.05, 0.1) is 4.92 Å². The van der Waals surface area contributed by atoms with Crippen molar-refractivity contribution < 1.29 is 4.92 Å². The molecule has 124 valence electrons. The van der Waals surface area contributed by atoms with Gasteiger partial charge < -0.3 is 10.2 Å². The number of benzene rings is 1. The first kappa shape index (κ1) is 19.4. The molecule has 2 aromatic rings. The van der Waals surface area contributed by atoms with Crippen molar-refractivity contribution in [2.24, 2.45) is 4.99 Å². The fraction of sp³-hybridized carbons (Fsp3) is 0.267. The van der Waals surface area contributed by atoms with E-state index in [1.165, 1.54) is 17.7 Å². The van der Waals surface area contributed by atoms with Crippen LogP contribution in [0.2, 0.25) is 0 Å². The first-order chi connectivity index (χ1) is 10.6. The molecule has 1 heterocycles. The molecule has 8 heteroatoms. The van der Waals surface area contributed by atoms with E-state index >= 15 is 0 Å². The number of halogens is 1. The Kier molecular flexibility index (Phi) is 7.96. The molecule has 0 aliphatic carbocycles. The summed E-state index contributed by atoms with van der Waals surface area (Å²) in [7, 11) is 3.71. The van der Waals surface area contributed by atoms with Gasteiger partial charge >= 0.3 is 0 Å². The number of nitro groups is 1. The van der Waals surface area contributed by atoms with Crippen LogP contribution in [0, 0.1) is 10.1 Å². The Balaban J connectivity index is 0.00000264. The molecular weight excluding hydrogens is 427 g/mol. The van der Waals surface area contributed by atoms with Crippen LogP contribution in [0.25, 0.3) is 0 Å². The van der Waals surface area contributed by atoms with Crippen LogP contribution < -0.4 is 5.32 Å². The zero-order valence-electron chi connectivity index (χ0n) is 12.9. The maximum Gasteiger partial charge on any atom is 0.269 e. The summed E-state index contributed by atoms with van der Waals surface area (Å²) in [5.74, 6) is 0.782. The Morgan fingerprint density at radius 2 is 2.00 bits per heavy atom. The number of non-ortho nitro benzene ring substituents is 1. The molecular formula is C15H19IN4O2S. The number of hydrogen-bond acceptors (Lipinski definition) is 4. The molecule has 1 aromatic heterocycles. The van der Waals surface area contributed by atoms with Crippen molar-refractivity contribution in [1.82, 2.24) is 10.2 Å². The maximum atomic E-state index is 10.6. The molecule has 0 unspecified atom stereocenters. The lowest BCUT2D eigenvalue weighted by molar-refractivity contribution is -0.384. The summed E-state index contributed by atoms with van der Waals surface area (Å²) in [6.07, 6.45) is 0. The Morgan fingerprint density at radius 3 is 2.52 bits per heavy atom. The van der Waals surface area contributed by atoms with Crippen LogP contribution in [0.4, 0.5) is 5.69 Å². The smallest absolute Gasteiger partial charge is 0.269 e. The first-order valence-corrected chi connectivity index (χ1v) is 7.70. The summed E-state index contributed by atoms with van der Waals surface area (Å²) in [6, 6.07) is 8.60. The molecule has 6 nitrogen and oxygen atoms in total. The number of hydrogen-bond donors (Lipinski definition) is 1. The van der Waals surface area contributed by atoms with Crippen LogP contribution in [0.1, 0.15) is 11.1 Å². The van der Waals surface area contributed by atoms with Gasteiger partial charge in [-0.15, -0.1) is 24.0 Å². The number of rotatable bonds is 5. The van der Waals surface area contributed by atoms with Crippen molar-refractivity contribution in [3.05, 3.63) is 62.3 Å². The standard InChI is InChI=1S/C15H18N4O2S.HI/c1-16-15(18(2)10-13-7-8-22-11-13)17-9-12-3-5-14(6-4-12)19(20)21;/h3-8,11H,9-10H2,1-2H3,(H,16,17);1H. The van der Waals surface area contributed by atoms with Crippen LogP contribution in [0.3, 0.4) is 0 Å². The van der Waals surface area contributed by atoms with E-state index in [0.29, 0.717) is 6.54 Å². The number of nitrogens with zero attached hydrogens (tertiary/aromatic N) is 3. The highest BCUT2D eigenvalue weighted by atomic mass is 127. The van der Waals surface area contributed by atoms with Crippen LogP contribution in [0.15, 0.2) is 46.1 Å². The number of nitro benzene ring substituents is 1. The van der Waals surface area contributed by atoms with E-state index in [0.717, 1.165) is 18.1 Å². The van der Waals surface area contributed by atoms with Gasteiger partial charge in [0, 0.05) is 39.3 Å². The summed E-state index contributed by atoms with van der Waals surface area (Å²) in [5.41, 5.74) is 2.31. The van der Waals surface area contributed by atoms with Gasteiger partial charge in [0.1, 0.15) is 0 Å². The van der Waals surface area contributed by atoms with Crippen molar-refractivity contribution in [3.8, 4) is 0 Å². The lowest BCUT2D eigenvalue weighted by atomic mass is 10.2. The minimum Gasteiger partial charge on any atom is -0.352 e. The second kappa shape index (κ2) is 9.46. The predicted molar refractivity (Wildman–Crippen MR) is 104 cm³/mol. The third-order valence-electron chi connectivity index (χ3n) is 3.17. The second-order valence-corrected chi connectivity index (χ2v) is 5.59. The largest absolute Gasteiger partial charge is 0.352 e. The zero-order valence-corrected chi connectivity index (χ0v) is 16.1. The van der Waals surface area contributed by atoms with Gasteiger partial charge in [0.15, 0.2) is 5.96 Å². The van der Waals surface area contributed by atoms with E-state index in [4.69, 9.17) is 0 Å². The normalized spacial score (nSPS) is 10.8. The van der Waals surface area contributed by atoms with Crippen molar-refractivity contribution in [1.29, 1.82) is 0 Å². The molecule has 0 saturated heterocycles. The van der Waals surface area contributed by atoms with E-state index in [9.17, 15) is 10.1 Å². The van der Waals surface area contributed by atoms with E-state index < -0.39 is 4.92 Å². The molecule has 0 fully saturated rings. The van der Waals surface area contributed by atoms with Crippen LogP contribution in [-0.4, -0.2) is 29.9 Å². The molecule has 23 heavy (non-hydrogen) atoms. The van der Waals surface area contributed by atoms with Crippen LogP contribution >= 0.6 is 35.3 Å². The van der Waals surface area contributed by atoms with Crippen molar-refractivity contribution in [2.45, 2.75) is 13.1 Å². The number of aliphatic imine (C=N–C) groups is 1. The topological polar surface area (TPSA) is 70.8 Å². The van der Waals surface area contributed by atoms with E-state index in [2.05, 4.69) is 27.1 Å². The minimum atomic E-state index is -0.398. The monoisotopic (exact) mass is 446 g/mol. The van der Waals surface area contributed by atoms with Gasteiger partial charge in [-0.3, -0.25) is 15.1 Å². The van der Waals surface area contributed by atoms with Crippen LogP contribution in [-0.2, 0) is 13.1 Å². The molecule has 0 atom stereocenters. The molecule has 0 saturated carbocycles. The fourth-order valence-electron chi connectivity index (χ4n) is 2.03. The van der Waals surface area contributed by atoms with E-state index in [1.54, 1.807) is 30.5 Å². The minimum absolute atomic E-state index is 0. The molecule has 2 rings (SSSR count). The lowest BCUT2D eigenvalue weighted by Gasteiger charge is -2.21. The number of thiophene rings is 1. The van der Waals surface area contributed by atoms with Crippen molar-refractivity contribution in [3.63, 3.8) is 0 Å². The molecule has 1 aromatic carbocycles. The van der Waals surface area contributed by atoms with Gasteiger partial charge in [-0.1, -0.05) is 12.1 Å². The maximum absolute atomic E-state index is 10.6. The Labute approximate surface area is 156 Å². The molecule has 0 amide bonds. The molecule has 0 bridgehead atoms. The quantitative estimate of drug-likeness (QED) is 0.251. The molecule has 1 N–H and O–H groups in total. The predicted octanol–water partition coefficient (Wildman–Crippen LogP) is 3.48. The highest BCUT2D eigenvalue weighted by Gasteiger charge is 2.08. The van der Waals surface area contributed by atoms with Gasteiger partial charge in [0.25, 0.3) is 5.69 Å². The Bertz CT molecular complexity index is 644. The lowest BCUT2D eigenvalue weighted by Crippen LogP contribution is -2.37. The number of nitrogens with one attached hydrogen (secondary N) is 1. The first-order valence-electron chi connectivity index (χ1n) is 6.76. The average molecular weight is 446 g/mol. The highest BCUT2D eigenvalue weighted by molar-refractivity contribution is 14.0. The molecule has 0 radical (unpaired) electrons. The number of guanidine groups is 1.